The van der Waals surface area contributed by atoms with Crippen LogP contribution in [0.1, 0.15) is 149 Å². The maximum absolute atomic E-state index is 12.7. The number of carbonyl (C=O) groups excluding carboxylic acids is 2. The van der Waals surface area contributed by atoms with Crippen molar-refractivity contribution >= 4 is 19.8 Å². The normalized spacial score (nSPS) is 14.9. The number of unbranched alkanes of at least 4 members (excludes halogenated alkanes) is 9. The van der Waals surface area contributed by atoms with Crippen LogP contribution in [0.2, 0.25) is 0 Å². The Kier molecular flexibility index (Phi) is 37.4. The summed E-state index contributed by atoms with van der Waals surface area (Å²) in [7, 11) is 1.40. The van der Waals surface area contributed by atoms with Crippen LogP contribution in [0.15, 0.2) is 85.1 Å². The number of hydrogen-bond acceptors (Lipinski definition) is 8. The number of phosphoric acid groups is 1. The number of phosphoric ester groups is 1. The summed E-state index contributed by atoms with van der Waals surface area (Å²) in [5, 5.41) is 9.28. The minimum Gasteiger partial charge on any atom is -0.462 e. The first-order valence-electron chi connectivity index (χ1n) is 22.3. The molecule has 1 unspecified atom stereocenters. The minimum atomic E-state index is -4.41. The molecule has 0 heterocycles. The molecular weight excluding hydrogens is 766 g/mol. The summed E-state index contributed by atoms with van der Waals surface area (Å²) in [5.74, 6) is -0.915. The first-order chi connectivity index (χ1) is 28.3. The monoisotopic (exact) mass is 849 g/mol. The SMILES string of the molecule is CCCCC/C=C\C/C=C\C/C=C\CCCCCCC(=O)O[C@H](COC(=O)CCC/C=C\C/C=C\C/C=C\C/C=C\CCC[C@@H](C)O)COP(=O)(O)OCC[N+](C)(C)C. The molecule has 2 N–H and O–H groups in total. The summed E-state index contributed by atoms with van der Waals surface area (Å²) in [6.45, 7) is 3.82. The van der Waals surface area contributed by atoms with Gasteiger partial charge in [-0.15, -0.1) is 0 Å². The summed E-state index contributed by atoms with van der Waals surface area (Å²) in [6, 6.07) is 0. The van der Waals surface area contributed by atoms with E-state index in [1.54, 1.807) is 0 Å². The summed E-state index contributed by atoms with van der Waals surface area (Å²) < 4.78 is 34.2. The maximum atomic E-state index is 12.7. The van der Waals surface area contributed by atoms with Crippen LogP contribution in [0, 0.1) is 0 Å². The standard InChI is InChI=1S/C48H82NO9P/c1-6-7-8-9-10-11-12-13-14-15-18-22-25-28-31-34-37-40-48(52)58-46(44-57-59(53,54)56-42-41-49(3,4)5)43-55-47(51)39-36-33-30-27-24-21-19-16-17-20-23-26-29-32-35-38-45(2)50/h10-11,13-14,17-22,26-27,29-30,45-46,50H,6-9,12,15-16,23-25,28,31-44H2,1-5H3/p+1/b11-10-,14-13-,20-17-,21-19-,22-18-,29-26-,30-27-/t45-,46-/m1/s1. The Morgan fingerprint density at radius 2 is 1.05 bits per heavy atom. The van der Waals surface area contributed by atoms with Crippen LogP contribution in [0.3, 0.4) is 0 Å². The third kappa shape index (κ3) is 44.5. The highest BCUT2D eigenvalue weighted by Gasteiger charge is 2.27. The van der Waals surface area contributed by atoms with E-state index in [1.165, 1.54) is 25.7 Å². The Morgan fingerprint density at radius 1 is 0.593 bits per heavy atom. The summed E-state index contributed by atoms with van der Waals surface area (Å²) in [6.07, 6.45) is 47.7. The predicted octanol–water partition coefficient (Wildman–Crippen LogP) is 11.8. The number of rotatable bonds is 39. The molecule has 0 spiro atoms. The maximum Gasteiger partial charge on any atom is 0.472 e. The Bertz CT molecular complexity index is 1290. The number of esters is 2. The fourth-order valence-electron chi connectivity index (χ4n) is 5.38. The van der Waals surface area contributed by atoms with Crippen molar-refractivity contribution in [1.82, 2.24) is 0 Å². The molecule has 0 saturated carbocycles. The van der Waals surface area contributed by atoms with Crippen molar-refractivity contribution in [2.45, 2.75) is 161 Å². The number of aliphatic hydroxyl groups excluding tert-OH is 1. The van der Waals surface area contributed by atoms with Crippen molar-refractivity contribution < 1.29 is 47.2 Å². The van der Waals surface area contributed by atoms with Crippen molar-refractivity contribution in [3.8, 4) is 0 Å². The fraction of sp³-hybridized carbons (Fsp3) is 0.667. The van der Waals surface area contributed by atoms with Crippen molar-refractivity contribution in [3.05, 3.63) is 85.1 Å². The Labute approximate surface area is 359 Å². The highest BCUT2D eigenvalue weighted by Crippen LogP contribution is 2.43. The van der Waals surface area contributed by atoms with Crippen LogP contribution < -0.4 is 0 Å². The van der Waals surface area contributed by atoms with Gasteiger partial charge in [-0.2, -0.15) is 0 Å². The number of quaternary nitrogens is 1. The van der Waals surface area contributed by atoms with E-state index in [-0.39, 0.29) is 32.2 Å². The molecule has 0 aromatic rings. The van der Waals surface area contributed by atoms with Crippen LogP contribution in [0.25, 0.3) is 0 Å². The molecule has 0 aromatic carbocycles. The lowest BCUT2D eigenvalue weighted by Crippen LogP contribution is -2.37. The van der Waals surface area contributed by atoms with Gasteiger partial charge in [-0.3, -0.25) is 18.6 Å². The molecule has 0 aliphatic carbocycles. The van der Waals surface area contributed by atoms with Crippen LogP contribution in [-0.4, -0.2) is 86.1 Å². The second-order valence-corrected chi connectivity index (χ2v) is 17.5. The largest absolute Gasteiger partial charge is 0.472 e. The third-order valence-electron chi connectivity index (χ3n) is 8.92. The zero-order valence-corrected chi connectivity index (χ0v) is 38.5. The molecule has 11 heteroatoms. The van der Waals surface area contributed by atoms with Crippen LogP contribution in [-0.2, 0) is 32.7 Å². The van der Waals surface area contributed by atoms with Crippen LogP contribution in [0.5, 0.6) is 0 Å². The molecule has 0 amide bonds. The molecule has 10 nitrogen and oxygen atoms in total. The van der Waals surface area contributed by atoms with E-state index in [9.17, 15) is 24.2 Å². The van der Waals surface area contributed by atoms with E-state index in [4.69, 9.17) is 18.5 Å². The lowest BCUT2D eigenvalue weighted by atomic mass is 10.1. The van der Waals surface area contributed by atoms with Gasteiger partial charge in [-0.25, -0.2) is 4.57 Å². The number of allylic oxidation sites excluding steroid dienone is 14. The molecule has 0 radical (unpaired) electrons. The summed E-state index contributed by atoms with van der Waals surface area (Å²) in [4.78, 5) is 35.4. The highest BCUT2D eigenvalue weighted by atomic mass is 31.2. The van der Waals surface area contributed by atoms with Crippen LogP contribution >= 0.6 is 7.82 Å². The molecular formula is C48H83NO9P+. The molecule has 3 atom stereocenters. The van der Waals surface area contributed by atoms with Gasteiger partial charge in [-0.05, 0) is 103 Å². The molecule has 0 aliphatic heterocycles. The predicted molar refractivity (Wildman–Crippen MR) is 244 cm³/mol. The van der Waals surface area contributed by atoms with E-state index < -0.39 is 32.5 Å². The minimum absolute atomic E-state index is 0.00850. The van der Waals surface area contributed by atoms with E-state index in [1.807, 2.05) is 34.1 Å². The third-order valence-corrected chi connectivity index (χ3v) is 9.90. The number of ether oxygens (including phenoxy) is 2. The summed E-state index contributed by atoms with van der Waals surface area (Å²) in [5.41, 5.74) is 0. The van der Waals surface area contributed by atoms with Gasteiger partial charge in [0.25, 0.3) is 0 Å². The second-order valence-electron chi connectivity index (χ2n) is 16.0. The summed E-state index contributed by atoms with van der Waals surface area (Å²) >= 11 is 0. The first-order valence-corrected chi connectivity index (χ1v) is 23.8. The van der Waals surface area contributed by atoms with Crippen LogP contribution in [0.4, 0.5) is 0 Å². The van der Waals surface area contributed by atoms with E-state index in [0.717, 1.165) is 83.5 Å². The number of aliphatic hydroxyl groups is 1. The molecule has 338 valence electrons. The van der Waals surface area contributed by atoms with Gasteiger partial charge >= 0.3 is 19.8 Å². The lowest BCUT2D eigenvalue weighted by molar-refractivity contribution is -0.870. The first kappa shape index (κ1) is 56.1. The van der Waals surface area contributed by atoms with E-state index in [2.05, 4.69) is 85.9 Å². The Hall–Kier alpha value is -2.85. The van der Waals surface area contributed by atoms with Gasteiger partial charge in [0.15, 0.2) is 6.10 Å². The Morgan fingerprint density at radius 3 is 1.56 bits per heavy atom. The van der Waals surface area contributed by atoms with Crippen molar-refractivity contribution in [1.29, 1.82) is 0 Å². The fourth-order valence-corrected chi connectivity index (χ4v) is 6.12. The molecule has 0 fully saturated rings. The zero-order valence-electron chi connectivity index (χ0n) is 37.6. The van der Waals surface area contributed by atoms with Crippen molar-refractivity contribution in [2.24, 2.45) is 0 Å². The topological polar surface area (TPSA) is 129 Å². The molecule has 0 aliphatic rings. The smallest absolute Gasteiger partial charge is 0.462 e. The van der Waals surface area contributed by atoms with Gasteiger partial charge in [-0.1, -0.05) is 118 Å². The van der Waals surface area contributed by atoms with Gasteiger partial charge < -0.3 is 24.0 Å². The molecule has 0 saturated heterocycles. The molecule has 0 bridgehead atoms. The zero-order chi connectivity index (χ0) is 43.7. The highest BCUT2D eigenvalue weighted by molar-refractivity contribution is 7.47. The van der Waals surface area contributed by atoms with Gasteiger partial charge in [0.05, 0.1) is 33.9 Å². The second kappa shape index (κ2) is 39.3. The quantitative estimate of drug-likeness (QED) is 0.0204. The van der Waals surface area contributed by atoms with Gasteiger partial charge in [0, 0.05) is 12.8 Å². The van der Waals surface area contributed by atoms with E-state index >= 15 is 0 Å². The number of likely N-dealkylation sites (N-methyl/N-ethyl adjacent to an activating group) is 1. The lowest BCUT2D eigenvalue weighted by Gasteiger charge is -2.24. The average molecular weight is 849 g/mol. The number of carbonyl (C=O) groups is 2. The Balaban J connectivity index is 4.51. The molecule has 59 heavy (non-hydrogen) atoms. The van der Waals surface area contributed by atoms with Crippen molar-refractivity contribution in [3.63, 3.8) is 0 Å². The number of hydrogen-bond donors (Lipinski definition) is 2. The van der Waals surface area contributed by atoms with Gasteiger partial charge in [0.1, 0.15) is 19.8 Å². The molecule has 0 rings (SSSR count). The van der Waals surface area contributed by atoms with Gasteiger partial charge in [0.2, 0.25) is 0 Å². The van der Waals surface area contributed by atoms with Crippen molar-refractivity contribution in [2.75, 3.05) is 47.5 Å². The molecule has 0 aromatic heterocycles. The number of nitrogens with zero attached hydrogens (tertiary/aromatic N) is 1. The average Bonchev–Trinajstić information content (AvgIpc) is 3.17. The van der Waals surface area contributed by atoms with E-state index in [0.29, 0.717) is 23.9 Å².